The Hall–Kier alpha value is -2.24. The van der Waals surface area contributed by atoms with E-state index in [1.165, 1.54) is 23.9 Å². The maximum atomic E-state index is 12.3. The molecule has 2 aromatic rings. The molecule has 2 rings (SSSR count). The summed E-state index contributed by atoms with van der Waals surface area (Å²) in [4.78, 5) is 12.3. The molecular formula is C16H23N5O. The average molecular weight is 301 g/mol. The van der Waals surface area contributed by atoms with E-state index >= 15 is 0 Å². The molecule has 0 spiro atoms. The van der Waals surface area contributed by atoms with E-state index in [9.17, 15) is 4.79 Å². The number of benzene rings is 1. The topological polar surface area (TPSA) is 72.7 Å². The van der Waals surface area contributed by atoms with Crippen molar-refractivity contribution in [2.45, 2.75) is 39.5 Å². The fourth-order valence-electron chi connectivity index (χ4n) is 2.35. The van der Waals surface area contributed by atoms with Crippen LogP contribution >= 0.6 is 0 Å². The SMILES string of the molecule is CCCCC(CC)CNC(=O)c1cccc(-n2cnnn2)c1. The van der Waals surface area contributed by atoms with E-state index < -0.39 is 0 Å². The van der Waals surface area contributed by atoms with Crippen molar-refractivity contribution < 1.29 is 4.79 Å². The van der Waals surface area contributed by atoms with E-state index in [1.807, 2.05) is 12.1 Å². The van der Waals surface area contributed by atoms with Crippen molar-refractivity contribution >= 4 is 5.91 Å². The quantitative estimate of drug-likeness (QED) is 0.813. The summed E-state index contributed by atoms with van der Waals surface area (Å²) in [5.41, 5.74) is 1.40. The molecule has 0 bridgehead atoms. The van der Waals surface area contributed by atoms with Gasteiger partial charge in [0.1, 0.15) is 6.33 Å². The van der Waals surface area contributed by atoms with Gasteiger partial charge < -0.3 is 5.32 Å². The number of hydrogen-bond donors (Lipinski definition) is 1. The predicted molar refractivity (Wildman–Crippen MR) is 84.8 cm³/mol. The third kappa shape index (κ3) is 4.38. The molecule has 1 atom stereocenters. The number of rotatable bonds is 8. The second-order valence-electron chi connectivity index (χ2n) is 5.43. The Labute approximate surface area is 130 Å². The number of nitrogens with zero attached hydrogens (tertiary/aromatic N) is 4. The lowest BCUT2D eigenvalue weighted by Gasteiger charge is -2.15. The maximum absolute atomic E-state index is 12.3. The van der Waals surface area contributed by atoms with Gasteiger partial charge >= 0.3 is 0 Å². The highest BCUT2D eigenvalue weighted by Crippen LogP contribution is 2.12. The minimum absolute atomic E-state index is 0.0510. The molecule has 1 N–H and O–H groups in total. The number of aromatic nitrogens is 4. The van der Waals surface area contributed by atoms with E-state index in [0.29, 0.717) is 11.5 Å². The van der Waals surface area contributed by atoms with Crippen LogP contribution in [0, 0.1) is 5.92 Å². The summed E-state index contributed by atoms with van der Waals surface area (Å²) in [6.07, 6.45) is 6.17. The van der Waals surface area contributed by atoms with Crippen LogP contribution in [0.5, 0.6) is 0 Å². The van der Waals surface area contributed by atoms with Gasteiger partial charge in [0, 0.05) is 12.1 Å². The van der Waals surface area contributed by atoms with Crippen LogP contribution in [0.4, 0.5) is 0 Å². The molecule has 118 valence electrons. The predicted octanol–water partition coefficient (Wildman–Crippen LogP) is 2.61. The van der Waals surface area contributed by atoms with Crippen molar-refractivity contribution in [3.63, 3.8) is 0 Å². The van der Waals surface area contributed by atoms with Crippen molar-refractivity contribution in [2.75, 3.05) is 6.54 Å². The average Bonchev–Trinajstić information content (AvgIpc) is 3.09. The van der Waals surface area contributed by atoms with E-state index in [0.717, 1.165) is 25.1 Å². The van der Waals surface area contributed by atoms with Crippen LogP contribution in [0.25, 0.3) is 5.69 Å². The largest absolute Gasteiger partial charge is 0.352 e. The Morgan fingerprint density at radius 1 is 1.36 bits per heavy atom. The molecule has 0 saturated carbocycles. The standard InChI is InChI=1S/C16H23N5O/c1-3-5-7-13(4-2)11-17-16(22)14-8-6-9-15(10-14)21-12-18-19-20-21/h6,8-10,12-13H,3-5,7,11H2,1-2H3,(H,17,22). The summed E-state index contributed by atoms with van der Waals surface area (Å²) < 4.78 is 1.53. The van der Waals surface area contributed by atoms with Crippen LogP contribution in [-0.4, -0.2) is 32.7 Å². The van der Waals surface area contributed by atoms with Crippen LogP contribution in [0.2, 0.25) is 0 Å². The lowest BCUT2D eigenvalue weighted by molar-refractivity contribution is 0.0946. The summed E-state index contributed by atoms with van der Waals surface area (Å²) >= 11 is 0. The fraction of sp³-hybridized carbons (Fsp3) is 0.500. The first-order chi connectivity index (χ1) is 10.7. The zero-order valence-corrected chi connectivity index (χ0v) is 13.2. The molecule has 6 nitrogen and oxygen atoms in total. The van der Waals surface area contributed by atoms with Crippen molar-refractivity contribution in [2.24, 2.45) is 5.92 Å². The van der Waals surface area contributed by atoms with Crippen LogP contribution in [0.1, 0.15) is 49.9 Å². The molecule has 0 aliphatic heterocycles. The van der Waals surface area contributed by atoms with Crippen molar-refractivity contribution in [1.29, 1.82) is 0 Å². The third-order valence-corrected chi connectivity index (χ3v) is 3.82. The van der Waals surface area contributed by atoms with Crippen LogP contribution in [0.3, 0.4) is 0 Å². The van der Waals surface area contributed by atoms with E-state index in [4.69, 9.17) is 0 Å². The lowest BCUT2D eigenvalue weighted by Crippen LogP contribution is -2.29. The van der Waals surface area contributed by atoms with Gasteiger partial charge in [-0.25, -0.2) is 4.68 Å². The van der Waals surface area contributed by atoms with Crippen molar-refractivity contribution in [3.8, 4) is 5.69 Å². The van der Waals surface area contributed by atoms with Gasteiger partial charge in [0.2, 0.25) is 0 Å². The molecule has 1 unspecified atom stereocenters. The molecule has 1 aromatic carbocycles. The monoisotopic (exact) mass is 301 g/mol. The van der Waals surface area contributed by atoms with E-state index in [1.54, 1.807) is 12.1 Å². The van der Waals surface area contributed by atoms with E-state index in [-0.39, 0.29) is 5.91 Å². The molecule has 0 aliphatic carbocycles. The van der Waals surface area contributed by atoms with Crippen molar-refractivity contribution in [3.05, 3.63) is 36.2 Å². The zero-order chi connectivity index (χ0) is 15.8. The molecule has 0 aliphatic rings. The molecular weight excluding hydrogens is 278 g/mol. The number of amides is 1. The van der Waals surface area contributed by atoms with Crippen LogP contribution < -0.4 is 5.32 Å². The molecule has 0 saturated heterocycles. The highest BCUT2D eigenvalue weighted by molar-refractivity contribution is 5.94. The Kier molecular flexibility index (Phi) is 6.06. The van der Waals surface area contributed by atoms with Crippen LogP contribution in [-0.2, 0) is 0 Å². The van der Waals surface area contributed by atoms with E-state index in [2.05, 4.69) is 34.7 Å². The zero-order valence-electron chi connectivity index (χ0n) is 13.2. The molecule has 22 heavy (non-hydrogen) atoms. The summed E-state index contributed by atoms with van der Waals surface area (Å²) in [5.74, 6) is 0.497. The Morgan fingerprint density at radius 3 is 2.91 bits per heavy atom. The van der Waals surface area contributed by atoms with Crippen molar-refractivity contribution in [1.82, 2.24) is 25.5 Å². The summed E-state index contributed by atoms with van der Waals surface area (Å²) in [6, 6.07) is 7.29. The van der Waals surface area contributed by atoms with Gasteiger partial charge in [-0.05, 0) is 41.0 Å². The molecule has 0 fully saturated rings. The first-order valence-electron chi connectivity index (χ1n) is 7.86. The molecule has 1 amide bonds. The van der Waals surface area contributed by atoms with Gasteiger partial charge in [0.15, 0.2) is 0 Å². The summed E-state index contributed by atoms with van der Waals surface area (Å²) in [7, 11) is 0. The Bertz CT molecular complexity index is 582. The molecule has 0 radical (unpaired) electrons. The molecule has 1 heterocycles. The minimum Gasteiger partial charge on any atom is -0.352 e. The van der Waals surface area contributed by atoms with Gasteiger partial charge in [-0.3, -0.25) is 4.79 Å². The number of carbonyl (C=O) groups is 1. The minimum atomic E-state index is -0.0510. The summed E-state index contributed by atoms with van der Waals surface area (Å²) in [5, 5.41) is 14.1. The van der Waals surface area contributed by atoms with Gasteiger partial charge in [-0.15, -0.1) is 5.10 Å². The normalized spacial score (nSPS) is 12.1. The number of unbranched alkanes of at least 4 members (excludes halogenated alkanes) is 1. The first-order valence-corrected chi connectivity index (χ1v) is 7.86. The number of hydrogen-bond acceptors (Lipinski definition) is 4. The molecule has 6 heteroatoms. The number of carbonyl (C=O) groups excluding carboxylic acids is 1. The van der Waals surface area contributed by atoms with Gasteiger partial charge in [-0.1, -0.05) is 39.2 Å². The number of nitrogens with one attached hydrogen (secondary N) is 1. The highest BCUT2D eigenvalue weighted by atomic mass is 16.1. The highest BCUT2D eigenvalue weighted by Gasteiger charge is 2.11. The lowest BCUT2D eigenvalue weighted by atomic mass is 9.99. The first kappa shape index (κ1) is 16.1. The summed E-state index contributed by atoms with van der Waals surface area (Å²) in [6.45, 7) is 5.09. The molecule has 1 aromatic heterocycles. The van der Waals surface area contributed by atoms with Gasteiger partial charge in [0.25, 0.3) is 5.91 Å². The van der Waals surface area contributed by atoms with Crippen LogP contribution in [0.15, 0.2) is 30.6 Å². The second-order valence-corrected chi connectivity index (χ2v) is 5.43. The smallest absolute Gasteiger partial charge is 0.251 e. The third-order valence-electron chi connectivity index (χ3n) is 3.82. The Balaban J connectivity index is 1.96. The Morgan fingerprint density at radius 2 is 2.23 bits per heavy atom. The maximum Gasteiger partial charge on any atom is 0.251 e. The number of tetrazole rings is 1. The fourth-order valence-corrected chi connectivity index (χ4v) is 2.35. The van der Waals surface area contributed by atoms with Gasteiger partial charge in [0.05, 0.1) is 5.69 Å². The van der Waals surface area contributed by atoms with Gasteiger partial charge in [-0.2, -0.15) is 0 Å². The second kappa shape index (κ2) is 8.26.